The van der Waals surface area contributed by atoms with Crippen molar-refractivity contribution in [3.05, 3.63) is 47.3 Å². The summed E-state index contributed by atoms with van der Waals surface area (Å²) in [4.78, 5) is 0. The summed E-state index contributed by atoms with van der Waals surface area (Å²) in [6.45, 7) is 8.92. The molecule has 21 heavy (non-hydrogen) atoms. The number of hydrogen-bond donors (Lipinski definition) is 1. The minimum Gasteiger partial charge on any atom is -0.379 e. The van der Waals surface area contributed by atoms with Gasteiger partial charge in [-0.25, -0.2) is 4.68 Å². The largest absolute Gasteiger partial charge is 0.379 e. The molecule has 0 aliphatic carbocycles. The van der Waals surface area contributed by atoms with Crippen LogP contribution in [0.2, 0.25) is 0 Å². The Balaban J connectivity index is 1.82. The monoisotopic (exact) mass is 285 g/mol. The van der Waals surface area contributed by atoms with Crippen molar-refractivity contribution in [1.82, 2.24) is 15.1 Å². The summed E-state index contributed by atoms with van der Waals surface area (Å²) in [5, 5.41) is 8.34. The molecule has 1 saturated heterocycles. The number of aromatic nitrogens is 2. The van der Waals surface area contributed by atoms with E-state index in [2.05, 4.69) is 38.2 Å². The topological polar surface area (TPSA) is 39.1 Å². The summed E-state index contributed by atoms with van der Waals surface area (Å²) in [7, 11) is 0. The average Bonchev–Trinajstić information content (AvgIpc) is 3.03. The molecule has 4 heteroatoms. The van der Waals surface area contributed by atoms with Crippen molar-refractivity contribution in [2.75, 3.05) is 13.2 Å². The number of aryl methyl sites for hydroxylation is 1. The molecule has 0 saturated carbocycles. The van der Waals surface area contributed by atoms with Crippen molar-refractivity contribution in [1.29, 1.82) is 0 Å². The third kappa shape index (κ3) is 2.87. The van der Waals surface area contributed by atoms with Crippen molar-refractivity contribution < 1.29 is 4.74 Å². The molecule has 1 N–H and O–H groups in total. The van der Waals surface area contributed by atoms with Crippen molar-refractivity contribution in [2.45, 2.75) is 39.3 Å². The Labute approximate surface area is 126 Å². The maximum absolute atomic E-state index is 5.50. The molecule has 0 spiro atoms. The predicted molar refractivity (Wildman–Crippen MR) is 83.7 cm³/mol. The van der Waals surface area contributed by atoms with Gasteiger partial charge in [0.05, 0.1) is 18.0 Å². The van der Waals surface area contributed by atoms with Crippen LogP contribution in [0.1, 0.15) is 30.3 Å². The van der Waals surface area contributed by atoms with E-state index in [9.17, 15) is 0 Å². The fraction of sp³-hybridized carbons (Fsp3) is 0.471. The van der Waals surface area contributed by atoms with E-state index in [0.29, 0.717) is 0 Å². The molecule has 2 heterocycles. The van der Waals surface area contributed by atoms with Gasteiger partial charge in [-0.2, -0.15) is 5.10 Å². The molecule has 1 atom stereocenters. The van der Waals surface area contributed by atoms with Gasteiger partial charge >= 0.3 is 0 Å². The zero-order chi connectivity index (χ0) is 14.9. The fourth-order valence-corrected chi connectivity index (χ4v) is 2.86. The van der Waals surface area contributed by atoms with Crippen LogP contribution >= 0.6 is 0 Å². The zero-order valence-corrected chi connectivity index (χ0v) is 13.0. The van der Waals surface area contributed by atoms with E-state index in [0.717, 1.165) is 37.6 Å². The highest BCUT2D eigenvalue weighted by Gasteiger charge is 2.29. The molecule has 1 aromatic carbocycles. The van der Waals surface area contributed by atoms with Crippen molar-refractivity contribution >= 4 is 0 Å². The summed E-state index contributed by atoms with van der Waals surface area (Å²) in [6.07, 6.45) is 1.07. The predicted octanol–water partition coefficient (Wildman–Crippen LogP) is 2.76. The fourth-order valence-electron chi connectivity index (χ4n) is 2.86. The lowest BCUT2D eigenvalue weighted by molar-refractivity contribution is 0.171. The number of nitrogens with one attached hydrogen (secondary N) is 1. The van der Waals surface area contributed by atoms with Crippen LogP contribution in [0.25, 0.3) is 5.69 Å². The second-order valence-electron chi connectivity index (χ2n) is 6.11. The van der Waals surface area contributed by atoms with E-state index in [1.165, 1.54) is 11.3 Å². The Morgan fingerprint density at radius 1 is 1.29 bits per heavy atom. The second-order valence-corrected chi connectivity index (χ2v) is 6.11. The molecule has 112 valence electrons. The summed E-state index contributed by atoms with van der Waals surface area (Å²) in [5.41, 5.74) is 4.78. The van der Waals surface area contributed by atoms with Gasteiger partial charge in [0, 0.05) is 29.9 Å². The highest BCUT2D eigenvalue weighted by Crippen LogP contribution is 2.21. The molecule has 3 rings (SSSR count). The SMILES string of the molecule is Cc1nn(-c2ccccc2)c(C)c1CNC1(C)CCOC1. The first kappa shape index (κ1) is 14.3. The average molecular weight is 285 g/mol. The maximum atomic E-state index is 5.50. The third-order valence-electron chi connectivity index (χ3n) is 4.35. The van der Waals surface area contributed by atoms with Crippen molar-refractivity contribution in [3.63, 3.8) is 0 Å². The normalized spacial score (nSPS) is 21.9. The third-order valence-corrected chi connectivity index (χ3v) is 4.35. The molecule has 1 aliphatic heterocycles. The lowest BCUT2D eigenvalue weighted by Gasteiger charge is -2.23. The number of benzene rings is 1. The van der Waals surface area contributed by atoms with E-state index in [-0.39, 0.29) is 5.54 Å². The van der Waals surface area contributed by atoms with Crippen LogP contribution < -0.4 is 5.32 Å². The van der Waals surface area contributed by atoms with Crippen molar-refractivity contribution in [2.24, 2.45) is 0 Å². The van der Waals surface area contributed by atoms with Gasteiger partial charge in [0.15, 0.2) is 0 Å². The van der Waals surface area contributed by atoms with Crippen LogP contribution in [0.5, 0.6) is 0 Å². The quantitative estimate of drug-likeness (QED) is 0.939. The van der Waals surface area contributed by atoms with E-state index < -0.39 is 0 Å². The van der Waals surface area contributed by atoms with Crippen LogP contribution in [0, 0.1) is 13.8 Å². The first-order valence-corrected chi connectivity index (χ1v) is 7.52. The van der Waals surface area contributed by atoms with E-state index in [1.54, 1.807) is 0 Å². The smallest absolute Gasteiger partial charge is 0.0648 e. The number of hydrogen-bond acceptors (Lipinski definition) is 3. The zero-order valence-electron chi connectivity index (χ0n) is 13.0. The van der Waals surface area contributed by atoms with Gasteiger partial charge in [0.1, 0.15) is 0 Å². The minimum atomic E-state index is 0.0910. The van der Waals surface area contributed by atoms with E-state index in [1.807, 2.05) is 22.9 Å². The standard InChI is InChI=1S/C17H23N3O/c1-13-16(11-18-17(3)9-10-21-12-17)14(2)20(19-13)15-7-5-4-6-8-15/h4-8,18H,9-12H2,1-3H3. The van der Waals surface area contributed by atoms with Crippen LogP contribution in [0.3, 0.4) is 0 Å². The maximum Gasteiger partial charge on any atom is 0.0648 e. The lowest BCUT2D eigenvalue weighted by Crippen LogP contribution is -2.42. The van der Waals surface area contributed by atoms with Crippen LogP contribution in [-0.2, 0) is 11.3 Å². The molecule has 4 nitrogen and oxygen atoms in total. The molecular formula is C17H23N3O. The highest BCUT2D eigenvalue weighted by molar-refractivity contribution is 5.36. The summed E-state index contributed by atoms with van der Waals surface area (Å²) < 4.78 is 7.53. The molecule has 1 aromatic heterocycles. The molecule has 1 fully saturated rings. The van der Waals surface area contributed by atoms with Gasteiger partial charge < -0.3 is 10.1 Å². The number of ether oxygens (including phenoxy) is 1. The molecule has 2 aromatic rings. The molecule has 1 aliphatic rings. The Morgan fingerprint density at radius 3 is 2.71 bits per heavy atom. The number of para-hydroxylation sites is 1. The van der Waals surface area contributed by atoms with Gasteiger partial charge in [-0.1, -0.05) is 18.2 Å². The minimum absolute atomic E-state index is 0.0910. The Kier molecular flexibility index (Phi) is 3.83. The molecule has 0 bridgehead atoms. The number of nitrogens with zero attached hydrogens (tertiary/aromatic N) is 2. The van der Waals surface area contributed by atoms with Crippen LogP contribution in [0.15, 0.2) is 30.3 Å². The summed E-state index contributed by atoms with van der Waals surface area (Å²) in [6, 6.07) is 10.3. The highest BCUT2D eigenvalue weighted by atomic mass is 16.5. The molecule has 0 radical (unpaired) electrons. The van der Waals surface area contributed by atoms with Crippen molar-refractivity contribution in [3.8, 4) is 5.69 Å². The Morgan fingerprint density at radius 2 is 2.05 bits per heavy atom. The first-order chi connectivity index (χ1) is 10.1. The second kappa shape index (κ2) is 5.62. The Hall–Kier alpha value is -1.65. The van der Waals surface area contributed by atoms with Gasteiger partial charge in [0.25, 0.3) is 0 Å². The Bertz CT molecular complexity index is 612. The van der Waals surface area contributed by atoms with Crippen LogP contribution in [0.4, 0.5) is 0 Å². The lowest BCUT2D eigenvalue weighted by atomic mass is 10.0. The van der Waals surface area contributed by atoms with Gasteiger partial charge in [0.2, 0.25) is 0 Å². The van der Waals surface area contributed by atoms with E-state index >= 15 is 0 Å². The summed E-state index contributed by atoms with van der Waals surface area (Å²) in [5.74, 6) is 0. The first-order valence-electron chi connectivity index (χ1n) is 7.52. The summed E-state index contributed by atoms with van der Waals surface area (Å²) >= 11 is 0. The van der Waals surface area contributed by atoms with Gasteiger partial charge in [-0.15, -0.1) is 0 Å². The molecule has 0 amide bonds. The molecular weight excluding hydrogens is 262 g/mol. The number of rotatable bonds is 4. The van der Waals surface area contributed by atoms with Crippen LogP contribution in [-0.4, -0.2) is 28.5 Å². The van der Waals surface area contributed by atoms with Gasteiger partial charge in [-0.3, -0.25) is 0 Å². The van der Waals surface area contributed by atoms with E-state index in [4.69, 9.17) is 9.84 Å². The van der Waals surface area contributed by atoms with Gasteiger partial charge in [-0.05, 0) is 39.3 Å². The molecule has 1 unspecified atom stereocenters.